The molecular weight excluding hydrogens is 345 g/mol. The summed E-state index contributed by atoms with van der Waals surface area (Å²) in [4.78, 5) is 25.9. The van der Waals surface area contributed by atoms with E-state index >= 15 is 0 Å². The number of likely N-dealkylation sites (N-methyl/N-ethyl adjacent to an activating group) is 1. The molecule has 0 saturated carbocycles. The Labute approximate surface area is 168 Å². The van der Waals surface area contributed by atoms with E-state index in [1.807, 2.05) is 13.8 Å². The summed E-state index contributed by atoms with van der Waals surface area (Å²) in [6.45, 7) is 7.11. The van der Waals surface area contributed by atoms with Crippen LogP contribution in [0.2, 0.25) is 5.02 Å². The topological polar surface area (TPSA) is 93.7 Å². The smallest absolute Gasteiger partial charge is 0.759 e. The van der Waals surface area contributed by atoms with E-state index in [4.69, 9.17) is 16.3 Å². The van der Waals surface area contributed by atoms with Gasteiger partial charge in [-0.15, -0.1) is 0 Å². The molecule has 0 unspecified atom stereocenters. The molecule has 0 radical (unpaired) electrons. The molecule has 0 atom stereocenters. The first-order valence-corrected chi connectivity index (χ1v) is 7.66. The molecule has 0 aliphatic heterocycles. The SMILES string of the molecule is CCN(CC)CCNC(=O)c1cc(Cl)c(C(=O)N[O-])cc1OC.[Na+]. The Balaban J connectivity index is 0.00000529. The van der Waals surface area contributed by atoms with Crippen molar-refractivity contribution < 1.29 is 43.9 Å². The van der Waals surface area contributed by atoms with Crippen LogP contribution < -0.4 is 45.1 Å². The predicted molar refractivity (Wildman–Crippen MR) is 89.0 cm³/mol. The minimum atomic E-state index is -0.887. The van der Waals surface area contributed by atoms with E-state index in [9.17, 15) is 14.8 Å². The van der Waals surface area contributed by atoms with Gasteiger partial charge in [-0.25, -0.2) is 0 Å². The van der Waals surface area contributed by atoms with Crippen LogP contribution in [0.3, 0.4) is 0 Å². The largest absolute Gasteiger partial charge is 1.00 e. The summed E-state index contributed by atoms with van der Waals surface area (Å²) in [7, 11) is 1.37. The van der Waals surface area contributed by atoms with Crippen LogP contribution in [0.25, 0.3) is 0 Å². The van der Waals surface area contributed by atoms with Gasteiger partial charge in [0.2, 0.25) is 5.91 Å². The number of nitrogens with one attached hydrogen (secondary N) is 2. The molecule has 0 heterocycles. The van der Waals surface area contributed by atoms with Crippen LogP contribution in [0.1, 0.15) is 34.6 Å². The molecule has 0 aliphatic carbocycles. The van der Waals surface area contributed by atoms with Gasteiger partial charge in [-0.2, -0.15) is 0 Å². The molecule has 0 spiro atoms. The molecule has 0 fully saturated rings. The van der Waals surface area contributed by atoms with Crippen LogP contribution >= 0.6 is 11.6 Å². The van der Waals surface area contributed by atoms with E-state index in [1.54, 1.807) is 0 Å². The van der Waals surface area contributed by atoms with Crippen LogP contribution in [0.4, 0.5) is 0 Å². The number of amides is 2. The molecule has 1 aromatic rings. The number of methoxy groups -OCH3 is 1. The number of halogens is 1. The number of carbonyl (C=O) groups is 2. The Morgan fingerprint density at radius 2 is 1.83 bits per heavy atom. The number of hydrogen-bond acceptors (Lipinski definition) is 5. The standard InChI is InChI=1S/C15H21ClN3O4.Na/c1-4-19(5-2)7-6-17-14(20)11-8-12(16)10(15(21)18-22)9-13(11)23-3;/h8-9H,4-7H2,1-3H3,(H2-,17,18,20,21,22);/q-1;+1. The Hall–Kier alpha value is -0.830. The molecule has 1 aromatic carbocycles. The summed E-state index contributed by atoms with van der Waals surface area (Å²) >= 11 is 5.96. The van der Waals surface area contributed by atoms with Gasteiger partial charge in [0.15, 0.2) is 0 Å². The van der Waals surface area contributed by atoms with Crippen molar-refractivity contribution in [1.29, 1.82) is 0 Å². The maximum Gasteiger partial charge on any atom is 1.00 e. The fraction of sp³-hybridized carbons (Fsp3) is 0.467. The maximum absolute atomic E-state index is 12.3. The number of nitrogens with zero attached hydrogens (tertiary/aromatic N) is 1. The van der Waals surface area contributed by atoms with Gasteiger partial charge >= 0.3 is 29.6 Å². The number of ether oxygens (including phenoxy) is 1. The van der Waals surface area contributed by atoms with E-state index in [0.29, 0.717) is 6.54 Å². The number of carbonyl (C=O) groups excluding carboxylic acids is 2. The first kappa shape index (κ1) is 23.2. The molecule has 0 aromatic heterocycles. The summed E-state index contributed by atoms with van der Waals surface area (Å²) < 4.78 is 5.11. The molecule has 7 nitrogen and oxygen atoms in total. The molecule has 9 heteroatoms. The summed E-state index contributed by atoms with van der Waals surface area (Å²) in [5, 5.41) is 13.3. The fourth-order valence-corrected chi connectivity index (χ4v) is 2.34. The van der Waals surface area contributed by atoms with Crippen molar-refractivity contribution in [3.05, 3.63) is 33.5 Å². The van der Waals surface area contributed by atoms with Gasteiger partial charge in [0.05, 0.1) is 23.3 Å². The monoisotopic (exact) mass is 365 g/mol. The summed E-state index contributed by atoms with van der Waals surface area (Å²) in [6, 6.07) is 2.59. The Kier molecular flexibility index (Phi) is 11.3. The predicted octanol–water partition coefficient (Wildman–Crippen LogP) is -1.35. The van der Waals surface area contributed by atoms with Crippen LogP contribution in [-0.2, 0) is 0 Å². The second kappa shape index (κ2) is 11.7. The van der Waals surface area contributed by atoms with Crippen LogP contribution in [0.5, 0.6) is 5.75 Å². The average molecular weight is 366 g/mol. The molecule has 0 aliphatic rings. The second-order valence-corrected chi connectivity index (χ2v) is 5.15. The van der Waals surface area contributed by atoms with Gasteiger partial charge in [0.25, 0.3) is 5.91 Å². The van der Waals surface area contributed by atoms with Crippen LogP contribution in [-0.4, -0.2) is 50.0 Å². The van der Waals surface area contributed by atoms with E-state index in [1.165, 1.54) is 24.7 Å². The van der Waals surface area contributed by atoms with E-state index in [0.717, 1.165) is 19.6 Å². The molecule has 1 rings (SSSR count). The Morgan fingerprint density at radius 3 is 2.33 bits per heavy atom. The molecule has 0 bridgehead atoms. The normalized spacial score (nSPS) is 10.1. The van der Waals surface area contributed by atoms with E-state index in [-0.39, 0.29) is 57.4 Å². The zero-order valence-electron chi connectivity index (χ0n) is 14.4. The third kappa shape index (κ3) is 6.23. The first-order chi connectivity index (χ1) is 11.0. The fourth-order valence-electron chi connectivity index (χ4n) is 2.09. The van der Waals surface area contributed by atoms with E-state index < -0.39 is 5.91 Å². The van der Waals surface area contributed by atoms with Crippen molar-refractivity contribution in [3.63, 3.8) is 0 Å². The molecule has 128 valence electrons. The molecule has 24 heavy (non-hydrogen) atoms. The van der Waals surface area contributed by atoms with Gasteiger partial charge in [-0.1, -0.05) is 25.4 Å². The number of hydrogen-bond donors (Lipinski definition) is 2. The molecular formula is C15H21ClN3NaO4. The van der Waals surface area contributed by atoms with Crippen molar-refractivity contribution in [1.82, 2.24) is 15.7 Å². The Morgan fingerprint density at radius 1 is 1.21 bits per heavy atom. The van der Waals surface area contributed by atoms with Crippen molar-refractivity contribution >= 4 is 23.4 Å². The van der Waals surface area contributed by atoms with Crippen molar-refractivity contribution in [3.8, 4) is 5.75 Å². The molecule has 0 saturated heterocycles. The van der Waals surface area contributed by atoms with Crippen LogP contribution in [0, 0.1) is 5.21 Å². The molecule has 2 N–H and O–H groups in total. The van der Waals surface area contributed by atoms with Crippen LogP contribution in [0.15, 0.2) is 12.1 Å². The molecule has 2 amide bonds. The minimum Gasteiger partial charge on any atom is -0.759 e. The summed E-state index contributed by atoms with van der Waals surface area (Å²) in [5.41, 5.74) is 1.41. The zero-order valence-corrected chi connectivity index (χ0v) is 17.2. The quantitative estimate of drug-likeness (QED) is 0.439. The van der Waals surface area contributed by atoms with Crippen molar-refractivity contribution in [2.75, 3.05) is 33.3 Å². The summed E-state index contributed by atoms with van der Waals surface area (Å²) in [6.07, 6.45) is 0. The first-order valence-electron chi connectivity index (χ1n) is 7.28. The average Bonchev–Trinajstić information content (AvgIpc) is 2.57. The maximum atomic E-state index is 12.3. The number of rotatable bonds is 8. The van der Waals surface area contributed by atoms with Gasteiger partial charge in [0, 0.05) is 13.1 Å². The third-order valence-corrected chi connectivity index (χ3v) is 3.79. The zero-order chi connectivity index (χ0) is 17.4. The van der Waals surface area contributed by atoms with Gasteiger partial charge in [-0.05, 0) is 25.2 Å². The second-order valence-electron chi connectivity index (χ2n) is 4.75. The van der Waals surface area contributed by atoms with Crippen molar-refractivity contribution in [2.45, 2.75) is 13.8 Å². The number of benzene rings is 1. The summed E-state index contributed by atoms with van der Waals surface area (Å²) in [5.74, 6) is -1.07. The van der Waals surface area contributed by atoms with Crippen molar-refractivity contribution in [2.24, 2.45) is 0 Å². The van der Waals surface area contributed by atoms with Gasteiger partial charge < -0.3 is 25.6 Å². The number of hydroxylamine groups is 1. The van der Waals surface area contributed by atoms with Gasteiger partial charge in [-0.3, -0.25) is 9.59 Å². The Bertz CT molecular complexity index is 568. The third-order valence-electron chi connectivity index (χ3n) is 3.48. The minimum absolute atomic E-state index is 0. The van der Waals surface area contributed by atoms with E-state index in [2.05, 4.69) is 10.2 Å². The van der Waals surface area contributed by atoms with Gasteiger partial charge in [0.1, 0.15) is 5.75 Å².